The van der Waals surface area contributed by atoms with Crippen LogP contribution in [0.1, 0.15) is 5.56 Å². The molecule has 0 saturated carbocycles. The number of hydrogen-bond donors (Lipinski definition) is 1. The van der Waals surface area contributed by atoms with E-state index in [0.717, 1.165) is 11.4 Å². The van der Waals surface area contributed by atoms with Crippen LogP contribution in [0.15, 0.2) is 49.2 Å². The van der Waals surface area contributed by atoms with Crippen LogP contribution < -0.4 is 10.2 Å². The third-order valence-corrected chi connectivity index (χ3v) is 4.12. The van der Waals surface area contributed by atoms with E-state index in [2.05, 4.69) is 25.4 Å². The van der Waals surface area contributed by atoms with Crippen molar-refractivity contribution in [3.05, 3.63) is 54.7 Å². The van der Waals surface area contributed by atoms with Gasteiger partial charge in [-0.15, -0.1) is 0 Å². The number of nitrogens with zero attached hydrogens (tertiary/aromatic N) is 6. The van der Waals surface area contributed by atoms with Crippen molar-refractivity contribution in [1.29, 1.82) is 0 Å². The van der Waals surface area contributed by atoms with E-state index >= 15 is 0 Å². The van der Waals surface area contributed by atoms with E-state index in [-0.39, 0.29) is 11.8 Å². The SMILES string of the molecule is Cc1ccnc(NC(=O)C2CN(c3cc(-n4cccn4)ncn3)C2)c1. The summed E-state index contributed by atoms with van der Waals surface area (Å²) in [6, 6.07) is 7.45. The van der Waals surface area contributed by atoms with Gasteiger partial charge < -0.3 is 10.2 Å². The number of anilines is 2. The van der Waals surface area contributed by atoms with Crippen molar-refractivity contribution in [3.8, 4) is 5.82 Å². The lowest BCUT2D eigenvalue weighted by molar-refractivity contribution is -0.120. The van der Waals surface area contributed by atoms with Crippen LogP contribution in [0.5, 0.6) is 0 Å². The Hall–Kier alpha value is -3.29. The Kier molecular flexibility index (Phi) is 3.85. The first-order valence-electron chi connectivity index (χ1n) is 7.99. The molecule has 1 saturated heterocycles. The first-order valence-corrected chi connectivity index (χ1v) is 7.99. The van der Waals surface area contributed by atoms with Gasteiger partial charge in [0.25, 0.3) is 0 Å². The van der Waals surface area contributed by atoms with Crippen molar-refractivity contribution in [2.24, 2.45) is 5.92 Å². The maximum Gasteiger partial charge on any atom is 0.232 e. The van der Waals surface area contributed by atoms with E-state index in [1.165, 1.54) is 6.33 Å². The van der Waals surface area contributed by atoms with E-state index < -0.39 is 0 Å². The standard InChI is InChI=1S/C17H17N7O/c1-12-3-5-18-14(7-12)22-17(25)13-9-23(10-13)15-8-16(20-11-19-15)24-6-2-4-21-24/h2-8,11,13H,9-10H2,1H3,(H,18,22,25). The van der Waals surface area contributed by atoms with Gasteiger partial charge >= 0.3 is 0 Å². The van der Waals surface area contributed by atoms with Crippen molar-refractivity contribution < 1.29 is 4.79 Å². The summed E-state index contributed by atoms with van der Waals surface area (Å²) in [5.74, 6) is 1.98. The highest BCUT2D eigenvalue weighted by molar-refractivity contribution is 5.93. The Labute approximate surface area is 144 Å². The second kappa shape index (κ2) is 6.31. The quantitative estimate of drug-likeness (QED) is 0.776. The van der Waals surface area contributed by atoms with E-state index in [1.54, 1.807) is 17.1 Å². The zero-order valence-electron chi connectivity index (χ0n) is 13.7. The summed E-state index contributed by atoms with van der Waals surface area (Å²) in [6.07, 6.45) is 6.73. The molecule has 0 radical (unpaired) electrons. The monoisotopic (exact) mass is 335 g/mol. The number of aromatic nitrogens is 5. The fourth-order valence-corrected chi connectivity index (χ4v) is 2.70. The average molecular weight is 335 g/mol. The molecule has 1 N–H and O–H groups in total. The van der Waals surface area contributed by atoms with Gasteiger partial charge in [0.2, 0.25) is 5.91 Å². The molecule has 4 rings (SSSR count). The Morgan fingerprint density at radius 1 is 1.16 bits per heavy atom. The molecule has 0 bridgehead atoms. The van der Waals surface area contributed by atoms with Gasteiger partial charge in [0, 0.05) is 37.7 Å². The van der Waals surface area contributed by atoms with Gasteiger partial charge in [0.15, 0.2) is 5.82 Å². The third-order valence-electron chi connectivity index (χ3n) is 4.12. The summed E-state index contributed by atoms with van der Waals surface area (Å²) >= 11 is 0. The summed E-state index contributed by atoms with van der Waals surface area (Å²) in [7, 11) is 0. The van der Waals surface area contributed by atoms with Gasteiger partial charge in [-0.1, -0.05) is 0 Å². The molecule has 25 heavy (non-hydrogen) atoms. The number of aryl methyl sites for hydroxylation is 1. The van der Waals surface area contributed by atoms with Gasteiger partial charge in [-0.05, 0) is 30.7 Å². The van der Waals surface area contributed by atoms with Gasteiger partial charge in [-0.3, -0.25) is 4.79 Å². The van der Waals surface area contributed by atoms with Crippen LogP contribution in [-0.4, -0.2) is 43.7 Å². The summed E-state index contributed by atoms with van der Waals surface area (Å²) < 4.78 is 1.68. The van der Waals surface area contributed by atoms with Gasteiger partial charge in [0.05, 0.1) is 5.92 Å². The number of carbonyl (C=O) groups is 1. The lowest BCUT2D eigenvalue weighted by atomic mass is 9.99. The molecule has 8 nitrogen and oxygen atoms in total. The molecule has 8 heteroatoms. The van der Waals surface area contributed by atoms with Crippen LogP contribution in [0.25, 0.3) is 5.82 Å². The second-order valence-corrected chi connectivity index (χ2v) is 5.99. The van der Waals surface area contributed by atoms with E-state index in [9.17, 15) is 4.79 Å². The van der Waals surface area contributed by atoms with Crippen molar-refractivity contribution in [2.75, 3.05) is 23.3 Å². The summed E-state index contributed by atoms with van der Waals surface area (Å²) in [5.41, 5.74) is 1.06. The van der Waals surface area contributed by atoms with Gasteiger partial charge in [-0.25, -0.2) is 19.6 Å². The summed E-state index contributed by atoms with van der Waals surface area (Å²) in [4.78, 5) is 27.0. The van der Waals surface area contributed by atoms with Crippen LogP contribution in [0.2, 0.25) is 0 Å². The maximum absolute atomic E-state index is 12.3. The van der Waals surface area contributed by atoms with Crippen LogP contribution in [0.3, 0.4) is 0 Å². The number of carbonyl (C=O) groups excluding carboxylic acids is 1. The van der Waals surface area contributed by atoms with E-state index in [0.29, 0.717) is 24.7 Å². The van der Waals surface area contributed by atoms with Crippen molar-refractivity contribution in [2.45, 2.75) is 6.92 Å². The Morgan fingerprint density at radius 2 is 2.00 bits per heavy atom. The second-order valence-electron chi connectivity index (χ2n) is 5.99. The molecule has 1 aliphatic rings. The molecule has 3 aromatic rings. The molecule has 0 aliphatic carbocycles. The first-order chi connectivity index (χ1) is 12.2. The smallest absolute Gasteiger partial charge is 0.232 e. The van der Waals surface area contributed by atoms with Crippen LogP contribution in [0, 0.1) is 12.8 Å². The van der Waals surface area contributed by atoms with Gasteiger partial charge in [-0.2, -0.15) is 5.10 Å². The molecule has 126 valence electrons. The molecule has 1 aliphatic heterocycles. The van der Waals surface area contributed by atoms with Crippen molar-refractivity contribution in [1.82, 2.24) is 24.7 Å². The fourth-order valence-electron chi connectivity index (χ4n) is 2.70. The zero-order valence-corrected chi connectivity index (χ0v) is 13.7. The lowest BCUT2D eigenvalue weighted by Crippen LogP contribution is -2.52. The fraction of sp³-hybridized carbons (Fsp3) is 0.235. The lowest BCUT2D eigenvalue weighted by Gasteiger charge is -2.38. The highest BCUT2D eigenvalue weighted by atomic mass is 16.2. The molecule has 0 unspecified atom stereocenters. The first kappa shape index (κ1) is 15.3. The highest BCUT2D eigenvalue weighted by Crippen LogP contribution is 2.24. The number of pyridine rings is 1. The molecule has 1 fully saturated rings. The highest BCUT2D eigenvalue weighted by Gasteiger charge is 2.33. The minimum Gasteiger partial charge on any atom is -0.355 e. The minimum absolute atomic E-state index is 0.0179. The van der Waals surface area contributed by atoms with E-state index in [4.69, 9.17) is 0 Å². The third kappa shape index (κ3) is 3.18. The zero-order chi connectivity index (χ0) is 17.2. The number of amides is 1. The Morgan fingerprint density at radius 3 is 2.76 bits per heavy atom. The van der Waals surface area contributed by atoms with Crippen molar-refractivity contribution >= 4 is 17.5 Å². The van der Waals surface area contributed by atoms with Gasteiger partial charge in [0.1, 0.15) is 18.0 Å². The minimum atomic E-state index is -0.0783. The summed E-state index contributed by atoms with van der Waals surface area (Å²) in [5, 5.41) is 7.03. The van der Waals surface area contributed by atoms with Crippen LogP contribution >= 0.6 is 0 Å². The predicted octanol–water partition coefficient (Wildman–Crippen LogP) is 1.44. The number of rotatable bonds is 4. The van der Waals surface area contributed by atoms with E-state index in [1.807, 2.05) is 42.3 Å². The molecule has 0 aromatic carbocycles. The van der Waals surface area contributed by atoms with Crippen LogP contribution in [-0.2, 0) is 4.79 Å². The molecular weight excluding hydrogens is 318 g/mol. The molecule has 4 heterocycles. The molecule has 1 amide bonds. The normalized spacial score (nSPS) is 14.2. The molecular formula is C17H17N7O. The van der Waals surface area contributed by atoms with Crippen LogP contribution in [0.4, 0.5) is 11.6 Å². The topological polar surface area (TPSA) is 88.8 Å². The van der Waals surface area contributed by atoms with Crippen molar-refractivity contribution in [3.63, 3.8) is 0 Å². The number of hydrogen-bond acceptors (Lipinski definition) is 6. The molecule has 3 aromatic heterocycles. The molecule has 0 spiro atoms. The summed E-state index contributed by atoms with van der Waals surface area (Å²) in [6.45, 7) is 3.20. The maximum atomic E-state index is 12.3. The average Bonchev–Trinajstić information content (AvgIpc) is 3.08. The number of nitrogens with one attached hydrogen (secondary N) is 1. The molecule has 0 atom stereocenters. The largest absolute Gasteiger partial charge is 0.355 e. The Balaban J connectivity index is 1.39. The predicted molar refractivity (Wildman–Crippen MR) is 92.5 cm³/mol. The Bertz CT molecular complexity index is 888.